The molecule has 1 atom stereocenters. The molecule has 0 bridgehead atoms. The molecule has 0 saturated carbocycles. The number of methoxy groups -OCH3 is 1. The molecular formula is C14H16BrFN2O2S. The topological polar surface area (TPSA) is 47.0 Å². The average Bonchev–Trinajstić information content (AvgIpc) is 2.71. The molecule has 0 radical (unpaired) electrons. The smallest absolute Gasteiger partial charge is 0.328 e. The summed E-state index contributed by atoms with van der Waals surface area (Å²) in [6.07, 6.45) is 0.561. The van der Waals surface area contributed by atoms with Crippen molar-refractivity contribution < 1.29 is 13.9 Å². The fourth-order valence-electron chi connectivity index (χ4n) is 2.32. The molecule has 1 aromatic carbocycles. The minimum Gasteiger partial charge on any atom is -0.467 e. The quantitative estimate of drug-likeness (QED) is 0.638. The molecule has 0 saturated heterocycles. The lowest BCUT2D eigenvalue weighted by atomic mass is 10.0. The second-order valence-corrected chi connectivity index (χ2v) is 6.49. The van der Waals surface area contributed by atoms with Gasteiger partial charge in [0.2, 0.25) is 0 Å². The molecule has 21 heavy (non-hydrogen) atoms. The zero-order chi connectivity index (χ0) is 15.7. The predicted octanol–water partition coefficient (Wildman–Crippen LogP) is 4.36. The van der Waals surface area contributed by atoms with Crippen LogP contribution in [0.1, 0.15) is 26.3 Å². The highest BCUT2D eigenvalue weighted by Gasteiger charge is 2.25. The van der Waals surface area contributed by atoms with Gasteiger partial charge in [0, 0.05) is 6.07 Å². The highest BCUT2D eigenvalue weighted by atomic mass is 79.9. The van der Waals surface area contributed by atoms with E-state index in [2.05, 4.69) is 20.9 Å². The molecule has 1 unspecified atom stereocenters. The number of esters is 1. The van der Waals surface area contributed by atoms with Crippen molar-refractivity contribution in [2.24, 2.45) is 5.92 Å². The van der Waals surface area contributed by atoms with Crippen LogP contribution in [0, 0.1) is 16.5 Å². The molecule has 114 valence electrons. The molecule has 0 aliphatic carbocycles. The van der Waals surface area contributed by atoms with Gasteiger partial charge in [-0.25, -0.2) is 9.18 Å². The highest BCUT2D eigenvalue weighted by Crippen LogP contribution is 2.28. The number of nitrogens with zero attached hydrogens (tertiary/aromatic N) is 1. The first-order valence-electron chi connectivity index (χ1n) is 6.52. The second-order valence-electron chi connectivity index (χ2n) is 5.25. The lowest BCUT2D eigenvalue weighted by Crippen LogP contribution is -2.22. The van der Waals surface area contributed by atoms with Gasteiger partial charge < -0.3 is 14.3 Å². The van der Waals surface area contributed by atoms with E-state index in [4.69, 9.17) is 17.0 Å². The Kier molecular flexibility index (Phi) is 4.83. The van der Waals surface area contributed by atoms with E-state index in [1.54, 1.807) is 10.6 Å². The van der Waals surface area contributed by atoms with E-state index in [1.807, 2.05) is 13.8 Å². The number of carbonyl (C=O) groups is 1. The fourth-order valence-corrected chi connectivity index (χ4v) is 3.00. The van der Waals surface area contributed by atoms with Crippen LogP contribution in [-0.4, -0.2) is 22.6 Å². The van der Waals surface area contributed by atoms with Crippen LogP contribution in [0.5, 0.6) is 0 Å². The van der Waals surface area contributed by atoms with Crippen LogP contribution in [0.3, 0.4) is 0 Å². The third-order valence-electron chi connectivity index (χ3n) is 3.24. The first-order chi connectivity index (χ1) is 9.85. The van der Waals surface area contributed by atoms with Gasteiger partial charge in [0.15, 0.2) is 4.77 Å². The molecule has 0 spiro atoms. The van der Waals surface area contributed by atoms with Gasteiger partial charge >= 0.3 is 5.97 Å². The molecule has 1 N–H and O–H groups in total. The number of aromatic amines is 1. The van der Waals surface area contributed by atoms with Crippen LogP contribution >= 0.6 is 28.1 Å². The van der Waals surface area contributed by atoms with E-state index >= 15 is 0 Å². The van der Waals surface area contributed by atoms with Gasteiger partial charge in [-0.3, -0.25) is 0 Å². The maximum atomic E-state index is 13.8. The van der Waals surface area contributed by atoms with Crippen molar-refractivity contribution in [1.82, 2.24) is 9.55 Å². The summed E-state index contributed by atoms with van der Waals surface area (Å²) >= 11 is 8.44. The SMILES string of the molecule is COC(=O)C(CC(C)C)n1c(=S)[nH]c2cc(Br)c(F)cc21. The van der Waals surface area contributed by atoms with E-state index in [9.17, 15) is 9.18 Å². The largest absolute Gasteiger partial charge is 0.467 e. The Morgan fingerprint density at radius 2 is 2.19 bits per heavy atom. The average molecular weight is 375 g/mol. The zero-order valence-electron chi connectivity index (χ0n) is 11.9. The minimum atomic E-state index is -0.572. The first-order valence-corrected chi connectivity index (χ1v) is 7.72. The Bertz CT molecular complexity index is 738. The number of hydrogen-bond donors (Lipinski definition) is 1. The number of rotatable bonds is 4. The van der Waals surface area contributed by atoms with Gasteiger partial charge in [0.25, 0.3) is 0 Å². The number of carbonyl (C=O) groups excluding carboxylic acids is 1. The van der Waals surface area contributed by atoms with Crippen molar-refractivity contribution >= 4 is 45.2 Å². The molecule has 0 fully saturated rings. The molecule has 7 heteroatoms. The molecule has 0 aliphatic heterocycles. The Morgan fingerprint density at radius 1 is 1.52 bits per heavy atom. The molecule has 2 aromatic rings. The van der Waals surface area contributed by atoms with Crippen molar-refractivity contribution in [2.45, 2.75) is 26.3 Å². The molecule has 1 heterocycles. The second kappa shape index (κ2) is 6.27. The minimum absolute atomic E-state index is 0.265. The first kappa shape index (κ1) is 16.2. The zero-order valence-corrected chi connectivity index (χ0v) is 14.3. The highest BCUT2D eigenvalue weighted by molar-refractivity contribution is 9.10. The Balaban J connectivity index is 2.67. The molecular weight excluding hydrogens is 359 g/mol. The molecule has 2 rings (SSSR count). The Labute approximate surface area is 135 Å². The van der Waals surface area contributed by atoms with Gasteiger partial charge in [-0.1, -0.05) is 13.8 Å². The van der Waals surface area contributed by atoms with Crippen LogP contribution in [-0.2, 0) is 9.53 Å². The summed E-state index contributed by atoms with van der Waals surface area (Å²) in [6.45, 7) is 4.01. The monoisotopic (exact) mass is 374 g/mol. The molecule has 1 aromatic heterocycles. The summed E-state index contributed by atoms with van der Waals surface area (Å²) in [4.78, 5) is 15.1. The molecule has 0 amide bonds. The number of H-pyrrole nitrogens is 1. The number of benzene rings is 1. The number of nitrogens with one attached hydrogen (secondary N) is 1. The Hall–Kier alpha value is -1.21. The lowest BCUT2D eigenvalue weighted by Gasteiger charge is -2.19. The summed E-state index contributed by atoms with van der Waals surface area (Å²) in [5, 5.41) is 0. The van der Waals surface area contributed by atoms with Crippen LogP contribution < -0.4 is 0 Å². The van der Waals surface area contributed by atoms with Gasteiger partial charge in [-0.15, -0.1) is 0 Å². The van der Waals surface area contributed by atoms with E-state index < -0.39 is 11.9 Å². The summed E-state index contributed by atoms with van der Waals surface area (Å²) < 4.78 is 21.0. The van der Waals surface area contributed by atoms with E-state index in [0.717, 1.165) is 0 Å². The van der Waals surface area contributed by atoms with Crippen molar-refractivity contribution in [3.05, 3.63) is 27.2 Å². The van der Waals surface area contributed by atoms with E-state index in [0.29, 0.717) is 26.7 Å². The standard InChI is InChI=1S/C14H16BrFN2O2S/c1-7(2)4-12(13(19)20-3)18-11-6-9(16)8(15)5-10(11)17-14(18)21/h5-7,12H,4H2,1-3H3,(H,17,21). The maximum absolute atomic E-state index is 13.8. The number of fused-ring (bicyclic) bond motifs is 1. The van der Waals surface area contributed by atoms with Crippen molar-refractivity contribution in [3.63, 3.8) is 0 Å². The number of imidazole rings is 1. The number of ether oxygens (including phenoxy) is 1. The van der Waals surface area contributed by atoms with Crippen LogP contribution in [0.25, 0.3) is 11.0 Å². The van der Waals surface area contributed by atoms with E-state index in [1.165, 1.54) is 13.2 Å². The summed E-state index contributed by atoms with van der Waals surface area (Å²) in [6, 6.07) is 2.40. The van der Waals surface area contributed by atoms with Crippen LogP contribution in [0.15, 0.2) is 16.6 Å². The molecule has 0 aliphatic rings. The lowest BCUT2D eigenvalue weighted by molar-refractivity contribution is -0.145. The van der Waals surface area contributed by atoms with E-state index in [-0.39, 0.29) is 11.9 Å². The van der Waals surface area contributed by atoms with Gasteiger partial charge in [0.05, 0.1) is 22.6 Å². The van der Waals surface area contributed by atoms with Gasteiger partial charge in [0.1, 0.15) is 11.9 Å². The third-order valence-corrected chi connectivity index (χ3v) is 4.14. The number of aromatic nitrogens is 2. The van der Waals surface area contributed by atoms with Crippen molar-refractivity contribution in [1.29, 1.82) is 0 Å². The third kappa shape index (κ3) is 3.18. The summed E-state index contributed by atoms with van der Waals surface area (Å²) in [5.74, 6) is -0.524. The molecule has 4 nitrogen and oxygen atoms in total. The number of hydrogen-bond acceptors (Lipinski definition) is 3. The normalized spacial score (nSPS) is 12.9. The van der Waals surface area contributed by atoms with Crippen molar-refractivity contribution in [2.75, 3.05) is 7.11 Å². The summed E-state index contributed by atoms with van der Waals surface area (Å²) in [7, 11) is 1.34. The maximum Gasteiger partial charge on any atom is 0.328 e. The predicted molar refractivity (Wildman–Crippen MR) is 85.3 cm³/mol. The van der Waals surface area contributed by atoms with Crippen molar-refractivity contribution in [3.8, 4) is 0 Å². The fraction of sp³-hybridized carbons (Fsp3) is 0.429. The van der Waals surface area contributed by atoms with Gasteiger partial charge in [-0.2, -0.15) is 0 Å². The summed E-state index contributed by atoms with van der Waals surface area (Å²) in [5.41, 5.74) is 1.22. The van der Waals surface area contributed by atoms with Crippen LogP contribution in [0.4, 0.5) is 4.39 Å². The van der Waals surface area contributed by atoms with Crippen LogP contribution in [0.2, 0.25) is 0 Å². The Morgan fingerprint density at radius 3 is 2.76 bits per heavy atom. The van der Waals surface area contributed by atoms with Gasteiger partial charge in [-0.05, 0) is 46.6 Å². The number of halogens is 2.